The highest BCUT2D eigenvalue weighted by Gasteiger charge is 2.10. The molecule has 1 amide bonds. The highest BCUT2D eigenvalue weighted by Crippen LogP contribution is 2.19. The molecule has 0 spiro atoms. The molecule has 0 fully saturated rings. The van der Waals surface area contributed by atoms with E-state index in [-0.39, 0.29) is 5.91 Å². The van der Waals surface area contributed by atoms with Crippen LogP contribution >= 0.6 is 11.3 Å². The number of carbonyl (C=O) groups is 1. The number of nitrogens with two attached hydrogens (primary N) is 1. The van der Waals surface area contributed by atoms with Crippen LogP contribution in [0.15, 0.2) is 24.4 Å². The molecule has 1 aromatic carbocycles. The van der Waals surface area contributed by atoms with E-state index < -0.39 is 0 Å². The van der Waals surface area contributed by atoms with Gasteiger partial charge in [-0.1, -0.05) is 0 Å². The number of methoxy groups -OCH3 is 1. The second-order valence-corrected chi connectivity index (χ2v) is 5.32. The maximum absolute atomic E-state index is 12.0. The zero-order chi connectivity index (χ0) is 13.8. The lowest BCUT2D eigenvalue weighted by Crippen LogP contribution is -2.23. The monoisotopic (exact) mass is 277 g/mol. The second-order valence-electron chi connectivity index (χ2n) is 4.00. The van der Waals surface area contributed by atoms with Crippen LogP contribution in [0.2, 0.25) is 0 Å². The normalized spacial score (nSPS) is 10.2. The Kier molecular flexibility index (Phi) is 4.01. The molecule has 3 N–H and O–H groups in total. The molecule has 0 saturated heterocycles. The minimum atomic E-state index is -0.215. The van der Waals surface area contributed by atoms with Crippen LogP contribution in [0.4, 0.5) is 5.69 Å². The number of nitrogens with one attached hydrogen (secondary N) is 1. The van der Waals surface area contributed by atoms with Crippen molar-refractivity contribution >= 4 is 22.9 Å². The Morgan fingerprint density at radius 2 is 2.32 bits per heavy atom. The third-order valence-electron chi connectivity index (χ3n) is 2.57. The van der Waals surface area contributed by atoms with Gasteiger partial charge >= 0.3 is 0 Å². The molecule has 0 saturated carbocycles. The number of thiazole rings is 1. The molecule has 0 atom stereocenters. The van der Waals surface area contributed by atoms with E-state index in [1.165, 1.54) is 0 Å². The standard InChI is InChI=1S/C13H15N3O2S/c1-8-6-15-12(19-8)7-16-13(17)10-4-3-9(18-2)5-11(10)14/h3-6H,7,14H2,1-2H3,(H,16,17). The SMILES string of the molecule is COc1ccc(C(=O)NCc2ncc(C)s2)c(N)c1. The lowest BCUT2D eigenvalue weighted by molar-refractivity contribution is 0.0951. The molecule has 2 aromatic rings. The van der Waals surface area contributed by atoms with Crippen LogP contribution in [0, 0.1) is 6.92 Å². The summed E-state index contributed by atoms with van der Waals surface area (Å²) >= 11 is 1.56. The first-order valence-electron chi connectivity index (χ1n) is 5.73. The van der Waals surface area contributed by atoms with Gasteiger partial charge in [0.05, 0.1) is 19.2 Å². The third kappa shape index (κ3) is 3.23. The predicted molar refractivity (Wildman–Crippen MR) is 75.4 cm³/mol. The van der Waals surface area contributed by atoms with Crippen LogP contribution in [0.3, 0.4) is 0 Å². The molecule has 100 valence electrons. The number of aryl methyl sites for hydroxylation is 1. The molecule has 0 unspecified atom stereocenters. The van der Waals surface area contributed by atoms with E-state index in [0.717, 1.165) is 9.88 Å². The number of nitrogens with zero attached hydrogens (tertiary/aromatic N) is 1. The molecular formula is C13H15N3O2S. The van der Waals surface area contributed by atoms with Gasteiger partial charge in [-0.2, -0.15) is 0 Å². The Labute approximate surface area is 115 Å². The highest BCUT2D eigenvalue weighted by atomic mass is 32.1. The number of aromatic nitrogens is 1. The first kappa shape index (κ1) is 13.4. The van der Waals surface area contributed by atoms with Crippen LogP contribution in [0.1, 0.15) is 20.2 Å². The number of ether oxygens (including phenoxy) is 1. The number of anilines is 1. The lowest BCUT2D eigenvalue weighted by Gasteiger charge is -2.08. The van der Waals surface area contributed by atoms with Crippen molar-refractivity contribution in [3.63, 3.8) is 0 Å². The number of benzene rings is 1. The Bertz CT molecular complexity index is 595. The molecule has 0 aliphatic heterocycles. The summed E-state index contributed by atoms with van der Waals surface area (Å²) in [6, 6.07) is 4.98. The second kappa shape index (κ2) is 5.71. The Balaban J connectivity index is 2.03. The molecule has 6 heteroatoms. The summed E-state index contributed by atoms with van der Waals surface area (Å²) in [5.74, 6) is 0.414. The molecule has 0 aliphatic carbocycles. The van der Waals surface area contributed by atoms with E-state index >= 15 is 0 Å². The summed E-state index contributed by atoms with van der Waals surface area (Å²) in [7, 11) is 1.55. The van der Waals surface area contributed by atoms with E-state index in [9.17, 15) is 4.79 Å². The van der Waals surface area contributed by atoms with Gasteiger partial charge < -0.3 is 15.8 Å². The van der Waals surface area contributed by atoms with Crippen molar-refractivity contribution in [3.8, 4) is 5.75 Å². The van der Waals surface area contributed by atoms with Gasteiger partial charge in [-0.3, -0.25) is 4.79 Å². The minimum absolute atomic E-state index is 0.215. The predicted octanol–water partition coefficient (Wildman–Crippen LogP) is 1.97. The van der Waals surface area contributed by atoms with Gasteiger partial charge in [0.15, 0.2) is 0 Å². The largest absolute Gasteiger partial charge is 0.497 e. The summed E-state index contributed by atoms with van der Waals surface area (Å²) < 4.78 is 5.04. The van der Waals surface area contributed by atoms with Crippen LogP contribution in [-0.2, 0) is 6.54 Å². The van der Waals surface area contributed by atoms with Gasteiger partial charge in [0.1, 0.15) is 10.8 Å². The number of hydrogen-bond acceptors (Lipinski definition) is 5. The molecule has 2 rings (SSSR count). The number of rotatable bonds is 4. The average Bonchev–Trinajstić information content (AvgIpc) is 2.81. The molecule has 1 heterocycles. The fraction of sp³-hybridized carbons (Fsp3) is 0.231. The number of carbonyl (C=O) groups excluding carboxylic acids is 1. The van der Waals surface area contributed by atoms with Crippen LogP contribution in [0.25, 0.3) is 0 Å². The van der Waals surface area contributed by atoms with Gasteiger partial charge in [-0.05, 0) is 19.1 Å². The van der Waals surface area contributed by atoms with E-state index in [4.69, 9.17) is 10.5 Å². The zero-order valence-electron chi connectivity index (χ0n) is 10.8. The topological polar surface area (TPSA) is 77.2 Å². The quantitative estimate of drug-likeness (QED) is 0.838. The number of nitrogen functional groups attached to an aromatic ring is 1. The number of hydrogen-bond donors (Lipinski definition) is 2. The lowest BCUT2D eigenvalue weighted by atomic mass is 10.1. The average molecular weight is 277 g/mol. The van der Waals surface area contributed by atoms with Crippen molar-refractivity contribution in [1.29, 1.82) is 0 Å². The maximum Gasteiger partial charge on any atom is 0.253 e. The highest BCUT2D eigenvalue weighted by molar-refractivity contribution is 7.11. The van der Waals surface area contributed by atoms with Gasteiger partial charge in [0, 0.05) is 22.8 Å². The molecule has 0 bridgehead atoms. The van der Waals surface area contributed by atoms with Crippen LogP contribution in [0.5, 0.6) is 5.75 Å². The smallest absolute Gasteiger partial charge is 0.253 e. The summed E-state index contributed by atoms with van der Waals surface area (Å²) in [5, 5.41) is 3.67. The first-order valence-corrected chi connectivity index (χ1v) is 6.55. The fourth-order valence-electron chi connectivity index (χ4n) is 1.61. The van der Waals surface area contributed by atoms with Crippen molar-refractivity contribution in [2.75, 3.05) is 12.8 Å². The Hall–Kier alpha value is -2.08. The van der Waals surface area contributed by atoms with Gasteiger partial charge in [-0.15, -0.1) is 11.3 Å². The van der Waals surface area contributed by atoms with Gasteiger partial charge in [0.25, 0.3) is 5.91 Å². The summed E-state index contributed by atoms with van der Waals surface area (Å²) in [4.78, 5) is 17.3. The van der Waals surface area contributed by atoms with Crippen molar-refractivity contribution in [3.05, 3.63) is 39.8 Å². The summed E-state index contributed by atoms with van der Waals surface area (Å²) in [5.41, 5.74) is 6.65. The fourth-order valence-corrected chi connectivity index (χ4v) is 2.34. The molecule has 1 aromatic heterocycles. The third-order valence-corrected chi connectivity index (χ3v) is 3.49. The van der Waals surface area contributed by atoms with Crippen molar-refractivity contribution in [1.82, 2.24) is 10.3 Å². The van der Waals surface area contributed by atoms with E-state index in [1.54, 1.807) is 42.8 Å². The van der Waals surface area contributed by atoms with Gasteiger partial charge in [0.2, 0.25) is 0 Å². The van der Waals surface area contributed by atoms with E-state index in [2.05, 4.69) is 10.3 Å². The molecule has 5 nitrogen and oxygen atoms in total. The summed E-state index contributed by atoms with van der Waals surface area (Å²) in [6.45, 7) is 2.38. The molecular weight excluding hydrogens is 262 g/mol. The first-order chi connectivity index (χ1) is 9.10. The van der Waals surface area contributed by atoms with Gasteiger partial charge in [-0.25, -0.2) is 4.98 Å². The van der Waals surface area contributed by atoms with E-state index in [1.807, 2.05) is 6.92 Å². The molecule has 19 heavy (non-hydrogen) atoms. The number of amides is 1. The van der Waals surface area contributed by atoms with Crippen LogP contribution in [-0.4, -0.2) is 18.0 Å². The zero-order valence-corrected chi connectivity index (χ0v) is 11.6. The molecule has 0 aliphatic rings. The van der Waals surface area contributed by atoms with Crippen LogP contribution < -0.4 is 15.8 Å². The Morgan fingerprint density at radius 3 is 2.89 bits per heavy atom. The summed E-state index contributed by atoms with van der Waals surface area (Å²) in [6.07, 6.45) is 1.79. The van der Waals surface area contributed by atoms with E-state index in [0.29, 0.717) is 23.5 Å². The van der Waals surface area contributed by atoms with Crippen molar-refractivity contribution in [2.45, 2.75) is 13.5 Å². The van der Waals surface area contributed by atoms with Crippen molar-refractivity contribution < 1.29 is 9.53 Å². The Morgan fingerprint density at radius 1 is 1.53 bits per heavy atom. The molecule has 0 radical (unpaired) electrons. The maximum atomic E-state index is 12.0. The van der Waals surface area contributed by atoms with Crippen molar-refractivity contribution in [2.24, 2.45) is 0 Å². The minimum Gasteiger partial charge on any atom is -0.497 e.